The summed E-state index contributed by atoms with van der Waals surface area (Å²) in [6.45, 7) is 8.66. The summed E-state index contributed by atoms with van der Waals surface area (Å²) in [5, 5.41) is 15.5. The van der Waals surface area contributed by atoms with Crippen LogP contribution in [0.3, 0.4) is 0 Å². The average Bonchev–Trinajstić information content (AvgIpc) is 3.42. The van der Waals surface area contributed by atoms with Gasteiger partial charge in [-0.2, -0.15) is 0 Å². The lowest BCUT2D eigenvalue weighted by molar-refractivity contribution is 0.102. The zero-order valence-corrected chi connectivity index (χ0v) is 23.3. The molecule has 1 saturated heterocycles. The van der Waals surface area contributed by atoms with Crippen molar-refractivity contribution in [2.75, 3.05) is 30.3 Å². The third kappa shape index (κ3) is 4.24. The van der Waals surface area contributed by atoms with Gasteiger partial charge < -0.3 is 15.2 Å². The molecule has 0 bridgehead atoms. The quantitative estimate of drug-likeness (QED) is 0.478. The number of fused-ring (bicyclic) bond motifs is 2. The second-order valence-electron chi connectivity index (χ2n) is 12.9. The molecule has 1 atom stereocenters. The lowest BCUT2D eigenvalue weighted by Crippen LogP contribution is -2.43. The molecule has 8 nitrogen and oxygen atoms in total. The zero-order chi connectivity index (χ0) is 26.8. The summed E-state index contributed by atoms with van der Waals surface area (Å²) >= 11 is 0. The Morgan fingerprint density at radius 3 is 2.74 bits per heavy atom. The van der Waals surface area contributed by atoms with Gasteiger partial charge in [-0.1, -0.05) is 26.0 Å². The van der Waals surface area contributed by atoms with Crippen LogP contribution in [0.2, 0.25) is 0 Å². The van der Waals surface area contributed by atoms with Gasteiger partial charge in [-0.3, -0.25) is 9.69 Å². The number of piperidine rings is 1. The number of rotatable bonds is 6. The van der Waals surface area contributed by atoms with E-state index < -0.39 is 0 Å². The molecule has 8 heteroatoms. The van der Waals surface area contributed by atoms with Crippen LogP contribution in [0.1, 0.15) is 85.5 Å². The molecule has 3 aromatic rings. The van der Waals surface area contributed by atoms with E-state index >= 15 is 0 Å². The second-order valence-corrected chi connectivity index (χ2v) is 12.9. The minimum absolute atomic E-state index is 0.124. The molecule has 0 radical (unpaired) electrons. The molecule has 3 fully saturated rings. The van der Waals surface area contributed by atoms with Gasteiger partial charge in [0.05, 0.1) is 16.8 Å². The number of nitrogens with zero attached hydrogens (tertiary/aromatic N) is 5. The van der Waals surface area contributed by atoms with Crippen molar-refractivity contribution in [3.63, 3.8) is 0 Å². The maximum Gasteiger partial charge on any atom is 0.274 e. The number of carbonyl (C=O) groups is 1. The summed E-state index contributed by atoms with van der Waals surface area (Å²) < 4.78 is 2.03. The van der Waals surface area contributed by atoms with Gasteiger partial charge in [0.15, 0.2) is 0 Å². The molecule has 204 valence electrons. The van der Waals surface area contributed by atoms with Gasteiger partial charge in [-0.25, -0.2) is 4.98 Å². The Morgan fingerprint density at radius 2 is 2.03 bits per heavy atom. The SMILES string of the molecule is CC1CC(c2cccc(NC(=O)c3cc(CN4CCC[C@H](C)C4)c4c(n3)C3(CC3)CN4)c2)(c2nncn2C)C1. The minimum Gasteiger partial charge on any atom is -0.382 e. The van der Waals surface area contributed by atoms with Gasteiger partial charge in [-0.15, -0.1) is 10.2 Å². The molecule has 1 spiro atoms. The Kier molecular flexibility index (Phi) is 5.81. The van der Waals surface area contributed by atoms with E-state index in [4.69, 9.17) is 4.98 Å². The van der Waals surface area contributed by atoms with Crippen molar-refractivity contribution >= 4 is 17.3 Å². The van der Waals surface area contributed by atoms with Crippen molar-refractivity contribution in [2.24, 2.45) is 18.9 Å². The van der Waals surface area contributed by atoms with E-state index in [0.29, 0.717) is 11.6 Å². The molecule has 2 N–H and O–H groups in total. The molecule has 2 aromatic heterocycles. The van der Waals surface area contributed by atoms with Crippen LogP contribution in [0.15, 0.2) is 36.7 Å². The highest BCUT2D eigenvalue weighted by molar-refractivity contribution is 6.03. The predicted octanol–water partition coefficient (Wildman–Crippen LogP) is 4.87. The number of carbonyl (C=O) groups excluding carboxylic acids is 1. The molecule has 39 heavy (non-hydrogen) atoms. The number of aromatic nitrogens is 4. The normalized spacial score (nSPS) is 27.1. The highest BCUT2D eigenvalue weighted by Crippen LogP contribution is 2.54. The molecule has 2 aliphatic carbocycles. The number of nitrogens with one attached hydrogen (secondary N) is 2. The van der Waals surface area contributed by atoms with E-state index in [2.05, 4.69) is 51.7 Å². The second kappa shape index (κ2) is 9.15. The third-order valence-electron chi connectivity index (χ3n) is 9.63. The summed E-state index contributed by atoms with van der Waals surface area (Å²) in [5.74, 6) is 2.19. The Labute approximate surface area is 230 Å². The van der Waals surface area contributed by atoms with Crippen LogP contribution < -0.4 is 10.6 Å². The van der Waals surface area contributed by atoms with Gasteiger partial charge in [0.2, 0.25) is 0 Å². The first-order valence-electron chi connectivity index (χ1n) is 14.6. The van der Waals surface area contributed by atoms with Crippen LogP contribution in [-0.4, -0.2) is 50.2 Å². The Balaban J connectivity index is 1.17. The van der Waals surface area contributed by atoms with Crippen molar-refractivity contribution in [1.82, 2.24) is 24.6 Å². The van der Waals surface area contributed by atoms with Gasteiger partial charge in [0.25, 0.3) is 5.91 Å². The molecule has 1 amide bonds. The van der Waals surface area contributed by atoms with E-state index in [-0.39, 0.29) is 16.7 Å². The maximum atomic E-state index is 13.7. The molecule has 2 aliphatic heterocycles. The minimum atomic E-state index is -0.167. The zero-order valence-electron chi connectivity index (χ0n) is 23.3. The number of amides is 1. The summed E-state index contributed by atoms with van der Waals surface area (Å²) in [6.07, 6.45) is 8.66. The average molecular weight is 526 g/mol. The molecular weight excluding hydrogens is 486 g/mol. The summed E-state index contributed by atoms with van der Waals surface area (Å²) in [6, 6.07) is 10.3. The number of pyridine rings is 1. The van der Waals surface area contributed by atoms with Gasteiger partial charge in [0, 0.05) is 37.8 Å². The first-order chi connectivity index (χ1) is 18.8. The van der Waals surface area contributed by atoms with Crippen LogP contribution in [0.25, 0.3) is 0 Å². The molecule has 7 rings (SSSR count). The van der Waals surface area contributed by atoms with Crippen molar-refractivity contribution < 1.29 is 4.79 Å². The van der Waals surface area contributed by atoms with Crippen molar-refractivity contribution in [3.05, 3.63) is 65.0 Å². The first kappa shape index (κ1) is 24.8. The highest BCUT2D eigenvalue weighted by Gasteiger charge is 2.51. The molecular formula is C31H39N7O. The van der Waals surface area contributed by atoms with E-state index in [9.17, 15) is 4.79 Å². The largest absolute Gasteiger partial charge is 0.382 e. The first-order valence-corrected chi connectivity index (χ1v) is 14.6. The lowest BCUT2D eigenvalue weighted by Gasteiger charge is -2.46. The predicted molar refractivity (Wildman–Crippen MR) is 152 cm³/mol. The maximum absolute atomic E-state index is 13.7. The van der Waals surface area contributed by atoms with Crippen LogP contribution >= 0.6 is 0 Å². The lowest BCUT2D eigenvalue weighted by atomic mass is 9.58. The molecule has 4 heterocycles. The summed E-state index contributed by atoms with van der Waals surface area (Å²) in [5.41, 5.74) is 5.95. The smallest absolute Gasteiger partial charge is 0.274 e. The van der Waals surface area contributed by atoms with Crippen LogP contribution in [0, 0.1) is 11.8 Å². The molecule has 0 unspecified atom stereocenters. The topological polar surface area (TPSA) is 88.0 Å². The Bertz CT molecular complexity index is 1420. The third-order valence-corrected chi connectivity index (χ3v) is 9.63. The highest BCUT2D eigenvalue weighted by atomic mass is 16.1. The van der Waals surface area contributed by atoms with E-state index in [1.165, 1.54) is 29.7 Å². The monoisotopic (exact) mass is 525 g/mol. The van der Waals surface area contributed by atoms with Gasteiger partial charge in [0.1, 0.15) is 17.8 Å². The van der Waals surface area contributed by atoms with Crippen molar-refractivity contribution in [1.29, 1.82) is 0 Å². The fourth-order valence-corrected chi connectivity index (χ4v) is 7.48. The number of anilines is 2. The number of likely N-dealkylation sites (tertiary alicyclic amines) is 1. The van der Waals surface area contributed by atoms with Gasteiger partial charge in [-0.05, 0) is 86.2 Å². The molecule has 1 aromatic carbocycles. The number of benzene rings is 1. The van der Waals surface area contributed by atoms with Crippen LogP contribution in [-0.2, 0) is 24.4 Å². The van der Waals surface area contributed by atoms with E-state index in [1.54, 1.807) is 6.33 Å². The van der Waals surface area contributed by atoms with Gasteiger partial charge >= 0.3 is 0 Å². The number of hydrogen-bond donors (Lipinski definition) is 2. The van der Waals surface area contributed by atoms with Crippen LogP contribution in [0.4, 0.5) is 11.4 Å². The number of hydrogen-bond acceptors (Lipinski definition) is 6. The summed E-state index contributed by atoms with van der Waals surface area (Å²) in [7, 11) is 2.01. The summed E-state index contributed by atoms with van der Waals surface area (Å²) in [4.78, 5) is 21.2. The van der Waals surface area contributed by atoms with E-state index in [0.717, 1.165) is 75.0 Å². The fourth-order valence-electron chi connectivity index (χ4n) is 7.48. The van der Waals surface area contributed by atoms with Crippen molar-refractivity contribution in [3.8, 4) is 0 Å². The van der Waals surface area contributed by atoms with E-state index in [1.807, 2.05) is 29.8 Å². The van der Waals surface area contributed by atoms with Crippen LogP contribution in [0.5, 0.6) is 0 Å². The fraction of sp³-hybridized carbons (Fsp3) is 0.548. The standard InChI is InChI=1S/C31H39N7O/c1-20-6-5-11-38(16-20)17-22-12-25(35-27-26(22)32-18-30(27)9-10-30)28(39)34-24-8-4-7-23(13-24)31(14-21(2)15-31)29-36-33-19-37(29)3/h4,7-8,12-13,19-21,32H,5-6,9-11,14-18H2,1-3H3,(H,34,39)/t20-,21?,31?/m0/s1. The number of aryl methyl sites for hydroxylation is 1. The molecule has 2 saturated carbocycles. The Morgan fingerprint density at radius 1 is 1.18 bits per heavy atom. The molecule has 4 aliphatic rings. The van der Waals surface area contributed by atoms with Crippen molar-refractivity contribution in [2.45, 2.75) is 69.7 Å². The Hall–Kier alpha value is -3.26.